The number of anilines is 1. The molecule has 0 radical (unpaired) electrons. The predicted octanol–water partition coefficient (Wildman–Crippen LogP) is 5.54. The van der Waals surface area contributed by atoms with Crippen LogP contribution in [0.4, 0.5) is 5.69 Å². The van der Waals surface area contributed by atoms with Crippen molar-refractivity contribution in [2.45, 2.75) is 50.2 Å². The molecule has 5 aromatic rings. The number of benzene rings is 4. The first kappa shape index (κ1) is 31.0. The van der Waals surface area contributed by atoms with Crippen molar-refractivity contribution in [3.8, 4) is 11.4 Å². The smallest absolute Gasteiger partial charge is 0.279 e. The van der Waals surface area contributed by atoms with Gasteiger partial charge in [0.2, 0.25) is 0 Å². The lowest BCUT2D eigenvalue weighted by Crippen LogP contribution is -2.51. The highest BCUT2D eigenvalue weighted by Crippen LogP contribution is 2.60. The molecule has 240 valence electrons. The third-order valence-corrected chi connectivity index (χ3v) is 14.7. The molecule has 3 heterocycles. The van der Waals surface area contributed by atoms with Gasteiger partial charge in [-0.1, -0.05) is 85.9 Å². The fourth-order valence-electron chi connectivity index (χ4n) is 8.02. The molecule has 2 aliphatic heterocycles. The zero-order chi connectivity index (χ0) is 32.9. The highest BCUT2D eigenvalue weighted by molar-refractivity contribution is 6.91. The van der Waals surface area contributed by atoms with Gasteiger partial charge in [-0.05, 0) is 53.9 Å². The molecule has 1 saturated heterocycles. The minimum Gasteiger partial charge on any atom is -0.497 e. The monoisotopic (exact) mass is 645 g/mol. The summed E-state index contributed by atoms with van der Waals surface area (Å²) in [6, 6.07) is 31.2. The van der Waals surface area contributed by atoms with E-state index in [0.29, 0.717) is 24.0 Å². The SMILES string of the molecule is COc1ccc([Si](C)(C)[C@H]2[C@H](CCO)O[C@@]3(C(=O)N(Cc4ccc(-n5ncc6ccccc6c5=O)cc4)c4ccccc43)[C@@H]2C)cc1. The second-order valence-electron chi connectivity index (χ2n) is 13.2. The van der Waals surface area contributed by atoms with Gasteiger partial charge in [-0.2, -0.15) is 9.78 Å². The first-order chi connectivity index (χ1) is 22.7. The lowest BCUT2D eigenvalue weighted by atomic mass is 9.82. The number of para-hydroxylation sites is 1. The number of amides is 1. The molecule has 1 fully saturated rings. The van der Waals surface area contributed by atoms with E-state index in [1.54, 1.807) is 19.4 Å². The Morgan fingerprint density at radius 1 is 0.936 bits per heavy atom. The second-order valence-corrected chi connectivity index (χ2v) is 17.9. The molecule has 1 spiro atoms. The molecule has 4 aromatic carbocycles. The average Bonchev–Trinajstić information content (AvgIpc) is 3.52. The summed E-state index contributed by atoms with van der Waals surface area (Å²) in [6.07, 6.45) is 1.88. The number of hydrogen-bond donors (Lipinski definition) is 1. The molecule has 1 amide bonds. The van der Waals surface area contributed by atoms with E-state index >= 15 is 0 Å². The summed E-state index contributed by atoms with van der Waals surface area (Å²) in [6.45, 7) is 7.16. The molecular weight excluding hydrogens is 607 g/mol. The van der Waals surface area contributed by atoms with E-state index in [-0.39, 0.29) is 35.6 Å². The summed E-state index contributed by atoms with van der Waals surface area (Å²) in [5.74, 6) is 0.601. The molecule has 0 unspecified atom stereocenters. The summed E-state index contributed by atoms with van der Waals surface area (Å²) in [5.41, 5.74) is 2.04. The standard InChI is InChI=1S/C38H39N3O5Si/c1-25-35(47(3,4)30-19-17-29(45-2)18-20-30)34(21-22-42)46-38(25)32-11-7-8-12-33(32)40(37(38)44)24-26-13-15-28(16-14-26)41-36(43)31-10-6-5-9-27(31)23-39-41/h5-20,23,25,34-35,42H,21-22,24H2,1-4H3/t25-,34+,35-,38+/m1/s1. The van der Waals surface area contributed by atoms with Crippen LogP contribution >= 0.6 is 0 Å². The Hall–Kier alpha value is -4.57. The van der Waals surface area contributed by atoms with Crippen molar-refractivity contribution in [2.75, 3.05) is 18.6 Å². The third kappa shape index (κ3) is 4.92. The average molecular weight is 646 g/mol. The lowest BCUT2D eigenvalue weighted by Gasteiger charge is -2.37. The lowest BCUT2D eigenvalue weighted by molar-refractivity contribution is -0.146. The number of carbonyl (C=O) groups is 1. The largest absolute Gasteiger partial charge is 0.497 e. The number of rotatable bonds is 8. The zero-order valence-corrected chi connectivity index (χ0v) is 28.1. The third-order valence-electron chi connectivity index (χ3n) is 10.4. The summed E-state index contributed by atoms with van der Waals surface area (Å²) in [5, 5.41) is 17.2. The number of aromatic nitrogens is 2. The molecule has 47 heavy (non-hydrogen) atoms. The van der Waals surface area contributed by atoms with Gasteiger partial charge in [0.1, 0.15) is 5.75 Å². The molecule has 9 heteroatoms. The quantitative estimate of drug-likeness (QED) is 0.223. The van der Waals surface area contributed by atoms with E-state index in [0.717, 1.165) is 28.0 Å². The number of ether oxygens (including phenoxy) is 2. The minimum atomic E-state index is -2.24. The second kappa shape index (κ2) is 11.9. The first-order valence-corrected chi connectivity index (χ1v) is 19.2. The fraction of sp³-hybridized carbons (Fsp3) is 0.289. The van der Waals surface area contributed by atoms with Gasteiger partial charge in [0.25, 0.3) is 11.5 Å². The number of methoxy groups -OCH3 is 1. The van der Waals surface area contributed by atoms with E-state index in [1.807, 2.05) is 83.8 Å². The Morgan fingerprint density at radius 3 is 2.36 bits per heavy atom. The van der Waals surface area contributed by atoms with Crippen LogP contribution in [0.1, 0.15) is 24.5 Å². The maximum absolute atomic E-state index is 14.8. The van der Waals surface area contributed by atoms with Crippen LogP contribution in [0.2, 0.25) is 18.6 Å². The molecule has 1 N–H and O–H groups in total. The van der Waals surface area contributed by atoms with E-state index in [2.05, 4.69) is 37.2 Å². The van der Waals surface area contributed by atoms with Gasteiger partial charge in [0.15, 0.2) is 5.60 Å². The maximum Gasteiger partial charge on any atom is 0.279 e. The molecular formula is C38H39N3O5Si. The Bertz CT molecular complexity index is 2010. The minimum absolute atomic E-state index is 0.0158. The molecule has 2 aliphatic rings. The Kier molecular flexibility index (Phi) is 7.86. The van der Waals surface area contributed by atoms with Crippen LogP contribution in [0.25, 0.3) is 16.5 Å². The molecule has 4 atom stereocenters. The molecule has 0 bridgehead atoms. The fourth-order valence-corrected chi connectivity index (χ4v) is 12.1. The molecule has 1 aromatic heterocycles. The van der Waals surface area contributed by atoms with Crippen LogP contribution in [-0.4, -0.2) is 48.7 Å². The van der Waals surface area contributed by atoms with Crippen LogP contribution in [-0.2, 0) is 21.7 Å². The number of nitrogens with zero attached hydrogens (tertiary/aromatic N) is 3. The van der Waals surface area contributed by atoms with Gasteiger partial charge in [0, 0.05) is 23.5 Å². The van der Waals surface area contributed by atoms with E-state index in [1.165, 1.54) is 9.87 Å². The number of carbonyl (C=O) groups excluding carboxylic acids is 1. The summed E-state index contributed by atoms with van der Waals surface area (Å²) in [7, 11) is -0.578. The molecule has 7 rings (SSSR count). The highest BCUT2D eigenvalue weighted by atomic mass is 28.3. The summed E-state index contributed by atoms with van der Waals surface area (Å²) < 4.78 is 13.8. The van der Waals surface area contributed by atoms with Crippen molar-refractivity contribution in [2.24, 2.45) is 5.92 Å². The van der Waals surface area contributed by atoms with Crippen molar-refractivity contribution in [3.63, 3.8) is 0 Å². The Morgan fingerprint density at radius 2 is 1.64 bits per heavy atom. The topological polar surface area (TPSA) is 93.9 Å². The number of aliphatic hydroxyl groups excluding tert-OH is 1. The number of fused-ring (bicyclic) bond motifs is 3. The van der Waals surface area contributed by atoms with Crippen molar-refractivity contribution in [1.82, 2.24) is 9.78 Å². The normalized spacial score (nSPS) is 22.3. The van der Waals surface area contributed by atoms with Crippen LogP contribution in [0.5, 0.6) is 5.75 Å². The van der Waals surface area contributed by atoms with Gasteiger partial charge in [-0.15, -0.1) is 0 Å². The van der Waals surface area contributed by atoms with Gasteiger partial charge in [0.05, 0.1) is 50.8 Å². The number of hydrogen-bond acceptors (Lipinski definition) is 6. The number of aliphatic hydroxyl groups is 1. The molecule has 0 aliphatic carbocycles. The van der Waals surface area contributed by atoms with E-state index in [9.17, 15) is 14.7 Å². The molecule has 8 nitrogen and oxygen atoms in total. The van der Waals surface area contributed by atoms with Gasteiger partial charge in [-0.25, -0.2) is 0 Å². The van der Waals surface area contributed by atoms with Gasteiger partial charge < -0.3 is 19.5 Å². The van der Waals surface area contributed by atoms with Crippen molar-refractivity contribution < 1.29 is 19.4 Å². The Labute approximate surface area is 275 Å². The van der Waals surface area contributed by atoms with Gasteiger partial charge in [-0.3, -0.25) is 9.59 Å². The van der Waals surface area contributed by atoms with Gasteiger partial charge >= 0.3 is 0 Å². The highest BCUT2D eigenvalue weighted by Gasteiger charge is 2.66. The van der Waals surface area contributed by atoms with E-state index in [4.69, 9.17) is 9.47 Å². The first-order valence-electron chi connectivity index (χ1n) is 16.1. The van der Waals surface area contributed by atoms with Crippen LogP contribution in [0.3, 0.4) is 0 Å². The van der Waals surface area contributed by atoms with E-state index < -0.39 is 13.7 Å². The predicted molar refractivity (Wildman–Crippen MR) is 186 cm³/mol. The van der Waals surface area contributed by atoms with Crippen LogP contribution < -0.4 is 20.4 Å². The van der Waals surface area contributed by atoms with Crippen molar-refractivity contribution in [3.05, 3.63) is 125 Å². The summed E-state index contributed by atoms with van der Waals surface area (Å²) >= 11 is 0. The Balaban J connectivity index is 1.22. The van der Waals surface area contributed by atoms with Crippen LogP contribution in [0, 0.1) is 5.92 Å². The maximum atomic E-state index is 14.8. The van der Waals surface area contributed by atoms with Crippen LogP contribution in [0.15, 0.2) is 108 Å². The molecule has 0 saturated carbocycles. The summed E-state index contributed by atoms with van der Waals surface area (Å²) in [4.78, 5) is 29.8. The zero-order valence-electron chi connectivity index (χ0n) is 27.1. The van der Waals surface area contributed by atoms with Crippen molar-refractivity contribution >= 4 is 35.6 Å². The van der Waals surface area contributed by atoms with Crippen molar-refractivity contribution in [1.29, 1.82) is 0 Å².